The van der Waals surface area contributed by atoms with Gasteiger partial charge in [-0.15, -0.1) is 22.7 Å². The highest BCUT2D eigenvalue weighted by Gasteiger charge is 2.25. The van der Waals surface area contributed by atoms with E-state index in [1.54, 1.807) is 25.2 Å². The fourth-order valence-electron chi connectivity index (χ4n) is 3.02. The minimum atomic E-state index is -0.653. The van der Waals surface area contributed by atoms with Crippen LogP contribution in [0.5, 0.6) is 0 Å². The SMILES string of the molecule is CCOC(=O)c1c(NC(=O)CNC(C)c2cc3ccccc3s2)sc(C(N)=O)c1C. The van der Waals surface area contributed by atoms with E-state index in [2.05, 4.69) is 28.8 Å². The summed E-state index contributed by atoms with van der Waals surface area (Å²) in [5.74, 6) is -1.58. The number of amides is 2. The molecule has 2 heterocycles. The highest BCUT2D eigenvalue weighted by atomic mass is 32.1. The van der Waals surface area contributed by atoms with Crippen molar-refractivity contribution in [3.8, 4) is 0 Å². The van der Waals surface area contributed by atoms with Gasteiger partial charge < -0.3 is 21.1 Å². The summed E-state index contributed by atoms with van der Waals surface area (Å²) in [5, 5.41) is 7.34. The number of thiophene rings is 2. The van der Waals surface area contributed by atoms with Crippen molar-refractivity contribution in [1.82, 2.24) is 5.32 Å². The molecule has 0 aliphatic rings. The first-order valence-electron chi connectivity index (χ1n) is 9.43. The standard InChI is InChI=1S/C21H23N3O4S2/c1-4-28-21(27)17-11(2)18(19(22)26)30-20(17)24-16(25)10-23-12(3)15-9-13-7-5-6-8-14(13)29-15/h5-9,12,23H,4,10H2,1-3H3,(H2,22,26)(H,24,25). The number of hydrogen-bond donors (Lipinski definition) is 3. The maximum Gasteiger partial charge on any atom is 0.341 e. The Labute approximate surface area is 182 Å². The fraction of sp³-hybridized carbons (Fsp3) is 0.286. The maximum atomic E-state index is 12.5. The number of ether oxygens (including phenoxy) is 1. The molecule has 0 saturated heterocycles. The van der Waals surface area contributed by atoms with E-state index in [4.69, 9.17) is 10.5 Å². The average molecular weight is 446 g/mol. The van der Waals surface area contributed by atoms with Gasteiger partial charge in [-0.3, -0.25) is 9.59 Å². The Morgan fingerprint density at radius 1 is 1.20 bits per heavy atom. The molecule has 30 heavy (non-hydrogen) atoms. The molecule has 1 aromatic carbocycles. The lowest BCUT2D eigenvalue weighted by molar-refractivity contribution is -0.115. The second kappa shape index (κ2) is 9.38. The van der Waals surface area contributed by atoms with Gasteiger partial charge in [-0.1, -0.05) is 18.2 Å². The van der Waals surface area contributed by atoms with E-state index in [0.29, 0.717) is 5.56 Å². The van der Waals surface area contributed by atoms with E-state index in [0.717, 1.165) is 16.2 Å². The number of benzene rings is 1. The minimum absolute atomic E-state index is 0.0241. The number of primary amides is 1. The van der Waals surface area contributed by atoms with Crippen LogP contribution in [0.1, 0.15) is 50.4 Å². The molecule has 0 saturated carbocycles. The van der Waals surface area contributed by atoms with Crippen LogP contribution in [-0.2, 0) is 9.53 Å². The van der Waals surface area contributed by atoms with Gasteiger partial charge in [0.25, 0.3) is 5.91 Å². The number of carbonyl (C=O) groups excluding carboxylic acids is 3. The minimum Gasteiger partial charge on any atom is -0.462 e. The second-order valence-corrected chi connectivity index (χ2v) is 8.82. The summed E-state index contributed by atoms with van der Waals surface area (Å²) >= 11 is 2.65. The summed E-state index contributed by atoms with van der Waals surface area (Å²) in [6.07, 6.45) is 0. The molecule has 2 amide bonds. The number of anilines is 1. The number of hydrogen-bond acceptors (Lipinski definition) is 7. The van der Waals surface area contributed by atoms with Gasteiger partial charge >= 0.3 is 5.97 Å². The van der Waals surface area contributed by atoms with E-state index in [-0.39, 0.29) is 40.5 Å². The third kappa shape index (κ3) is 4.69. The highest BCUT2D eigenvalue weighted by molar-refractivity contribution is 7.19. The van der Waals surface area contributed by atoms with Crippen LogP contribution < -0.4 is 16.4 Å². The topological polar surface area (TPSA) is 111 Å². The Hall–Kier alpha value is -2.75. The second-order valence-electron chi connectivity index (χ2n) is 6.68. The van der Waals surface area contributed by atoms with Crippen LogP contribution in [0.4, 0.5) is 5.00 Å². The molecule has 0 aliphatic heterocycles. The number of fused-ring (bicyclic) bond motifs is 1. The van der Waals surface area contributed by atoms with Crippen molar-refractivity contribution >= 4 is 55.5 Å². The third-order valence-electron chi connectivity index (χ3n) is 4.54. The zero-order chi connectivity index (χ0) is 21.8. The Morgan fingerprint density at radius 3 is 2.60 bits per heavy atom. The zero-order valence-corrected chi connectivity index (χ0v) is 18.5. The quantitative estimate of drug-likeness (QED) is 0.456. The van der Waals surface area contributed by atoms with Crippen molar-refractivity contribution < 1.29 is 19.1 Å². The third-order valence-corrected chi connectivity index (χ3v) is 7.06. The van der Waals surface area contributed by atoms with Crippen LogP contribution in [0.2, 0.25) is 0 Å². The predicted molar refractivity (Wildman–Crippen MR) is 120 cm³/mol. The van der Waals surface area contributed by atoms with E-state index >= 15 is 0 Å². The summed E-state index contributed by atoms with van der Waals surface area (Å²) in [7, 11) is 0. The monoisotopic (exact) mass is 445 g/mol. The molecule has 1 unspecified atom stereocenters. The first-order valence-corrected chi connectivity index (χ1v) is 11.1. The van der Waals surface area contributed by atoms with Gasteiger partial charge in [-0.05, 0) is 43.9 Å². The Balaban J connectivity index is 1.70. The Morgan fingerprint density at radius 2 is 1.93 bits per heavy atom. The lowest BCUT2D eigenvalue weighted by Gasteiger charge is -2.12. The van der Waals surface area contributed by atoms with Crippen molar-refractivity contribution in [3.05, 3.63) is 51.2 Å². The molecule has 0 bridgehead atoms. The normalized spacial score (nSPS) is 12.0. The molecule has 4 N–H and O–H groups in total. The van der Waals surface area contributed by atoms with Gasteiger partial charge in [0.2, 0.25) is 5.91 Å². The molecule has 3 rings (SSSR count). The van der Waals surface area contributed by atoms with Crippen molar-refractivity contribution in [1.29, 1.82) is 0 Å². The number of esters is 1. The van der Waals surface area contributed by atoms with E-state index in [1.807, 2.05) is 19.1 Å². The van der Waals surface area contributed by atoms with Crippen LogP contribution in [0.25, 0.3) is 10.1 Å². The van der Waals surface area contributed by atoms with E-state index in [9.17, 15) is 14.4 Å². The average Bonchev–Trinajstić information content (AvgIpc) is 3.27. The van der Waals surface area contributed by atoms with Gasteiger partial charge in [0.05, 0.1) is 23.6 Å². The molecule has 0 aliphatic carbocycles. The largest absolute Gasteiger partial charge is 0.462 e. The summed E-state index contributed by atoms with van der Waals surface area (Å²) in [4.78, 5) is 37.8. The molecule has 9 heteroatoms. The van der Waals surface area contributed by atoms with E-state index < -0.39 is 11.9 Å². The van der Waals surface area contributed by atoms with Gasteiger partial charge in [-0.2, -0.15) is 0 Å². The predicted octanol–water partition coefficient (Wildman–Crippen LogP) is 3.84. The molecule has 2 aromatic heterocycles. The molecule has 3 aromatic rings. The van der Waals surface area contributed by atoms with Crippen LogP contribution >= 0.6 is 22.7 Å². The highest BCUT2D eigenvalue weighted by Crippen LogP contribution is 2.33. The smallest absolute Gasteiger partial charge is 0.341 e. The molecule has 1 atom stereocenters. The first kappa shape index (κ1) is 21.9. The van der Waals surface area contributed by atoms with E-state index in [1.165, 1.54) is 10.1 Å². The molecule has 0 radical (unpaired) electrons. The summed E-state index contributed by atoms with van der Waals surface area (Å²) in [6.45, 7) is 5.51. The lowest BCUT2D eigenvalue weighted by atomic mass is 10.1. The van der Waals surface area contributed by atoms with Crippen LogP contribution in [-0.4, -0.2) is 30.9 Å². The van der Waals surface area contributed by atoms with Crippen molar-refractivity contribution in [2.75, 3.05) is 18.5 Å². The molecule has 0 spiro atoms. The van der Waals surface area contributed by atoms with Crippen molar-refractivity contribution in [2.24, 2.45) is 5.73 Å². The van der Waals surface area contributed by atoms with Crippen LogP contribution in [0, 0.1) is 6.92 Å². The number of nitrogens with one attached hydrogen (secondary N) is 2. The molecule has 7 nitrogen and oxygen atoms in total. The van der Waals surface area contributed by atoms with Gasteiger partial charge in [-0.25, -0.2) is 4.79 Å². The summed E-state index contributed by atoms with van der Waals surface area (Å²) < 4.78 is 6.25. The number of carbonyl (C=O) groups is 3. The number of rotatable bonds is 8. The first-order chi connectivity index (χ1) is 14.3. The lowest BCUT2D eigenvalue weighted by Crippen LogP contribution is -2.30. The van der Waals surface area contributed by atoms with Gasteiger partial charge in [0.15, 0.2) is 0 Å². The van der Waals surface area contributed by atoms with Crippen molar-refractivity contribution in [3.63, 3.8) is 0 Å². The summed E-state index contributed by atoms with van der Waals surface area (Å²) in [6, 6.07) is 10.2. The van der Waals surface area contributed by atoms with Crippen LogP contribution in [0.15, 0.2) is 30.3 Å². The summed E-state index contributed by atoms with van der Waals surface area (Å²) in [5.41, 5.74) is 5.97. The zero-order valence-electron chi connectivity index (χ0n) is 16.9. The number of nitrogens with two attached hydrogens (primary N) is 1. The maximum absolute atomic E-state index is 12.5. The molecule has 158 valence electrons. The molecular weight excluding hydrogens is 422 g/mol. The molecule has 0 fully saturated rings. The fourth-order valence-corrected chi connectivity index (χ4v) is 5.17. The van der Waals surface area contributed by atoms with Crippen LogP contribution in [0.3, 0.4) is 0 Å². The van der Waals surface area contributed by atoms with Crippen molar-refractivity contribution in [2.45, 2.75) is 26.8 Å². The van der Waals surface area contributed by atoms with Gasteiger partial charge in [0, 0.05) is 15.6 Å². The van der Waals surface area contributed by atoms with Gasteiger partial charge in [0.1, 0.15) is 5.00 Å². The Bertz CT molecular complexity index is 1070. The molecular formula is C21H23N3O4S2. The Kier molecular flexibility index (Phi) is 6.86.